The van der Waals surface area contributed by atoms with Gasteiger partial charge in [0.2, 0.25) is 0 Å². The molecule has 3 N–H and O–H groups in total. The van der Waals surface area contributed by atoms with E-state index in [2.05, 4.69) is 15.3 Å². The number of aliphatic hydroxyl groups excluding tert-OH is 1. The van der Waals surface area contributed by atoms with Crippen molar-refractivity contribution in [2.24, 2.45) is 0 Å². The van der Waals surface area contributed by atoms with Crippen LogP contribution in [0.4, 0.5) is 0 Å². The van der Waals surface area contributed by atoms with Gasteiger partial charge in [-0.1, -0.05) is 0 Å². The molecule has 1 aromatic rings. The second-order valence-corrected chi connectivity index (χ2v) is 4.82. The van der Waals surface area contributed by atoms with Crippen LogP contribution in [0.25, 0.3) is 0 Å². The Balaban J connectivity index is 2.62. The van der Waals surface area contributed by atoms with E-state index < -0.39 is 0 Å². The van der Waals surface area contributed by atoms with Crippen LogP contribution in [-0.4, -0.2) is 27.7 Å². The molecule has 0 fully saturated rings. The molecular weight excluding hydrogens is 230 g/mol. The highest BCUT2D eigenvalue weighted by atomic mass is 16.3. The number of nitrogens with zero attached hydrogens (tertiary/aromatic N) is 1. The van der Waals surface area contributed by atoms with Crippen molar-refractivity contribution in [2.45, 2.75) is 52.7 Å². The van der Waals surface area contributed by atoms with E-state index in [1.54, 1.807) is 13.8 Å². The maximum absolute atomic E-state index is 11.9. The molecule has 0 aliphatic rings. The maximum atomic E-state index is 11.9. The van der Waals surface area contributed by atoms with Gasteiger partial charge in [0.05, 0.1) is 11.7 Å². The Hall–Kier alpha value is -1.20. The first-order chi connectivity index (χ1) is 8.41. The van der Waals surface area contributed by atoms with Gasteiger partial charge in [0.1, 0.15) is 5.82 Å². The SMILES string of the molecule is Cc1nc(C)c(C(C)NCCCC(C)O)c(=O)[nH]1. The highest BCUT2D eigenvalue weighted by molar-refractivity contribution is 5.19. The Labute approximate surface area is 108 Å². The van der Waals surface area contributed by atoms with Crippen molar-refractivity contribution in [1.29, 1.82) is 0 Å². The highest BCUT2D eigenvalue weighted by Crippen LogP contribution is 2.10. The predicted molar refractivity (Wildman–Crippen MR) is 71.7 cm³/mol. The van der Waals surface area contributed by atoms with Crippen LogP contribution in [0.2, 0.25) is 0 Å². The monoisotopic (exact) mass is 253 g/mol. The molecule has 0 saturated heterocycles. The van der Waals surface area contributed by atoms with Crippen molar-refractivity contribution in [2.75, 3.05) is 6.54 Å². The highest BCUT2D eigenvalue weighted by Gasteiger charge is 2.13. The summed E-state index contributed by atoms with van der Waals surface area (Å²) in [6.45, 7) is 8.14. The van der Waals surface area contributed by atoms with Crippen LogP contribution in [0.1, 0.15) is 49.8 Å². The van der Waals surface area contributed by atoms with E-state index in [9.17, 15) is 4.79 Å². The molecule has 18 heavy (non-hydrogen) atoms. The van der Waals surface area contributed by atoms with Gasteiger partial charge in [0, 0.05) is 11.7 Å². The fraction of sp³-hybridized carbons (Fsp3) is 0.692. The molecule has 1 heterocycles. The van der Waals surface area contributed by atoms with Crippen molar-refractivity contribution in [3.8, 4) is 0 Å². The summed E-state index contributed by atoms with van der Waals surface area (Å²) in [6.07, 6.45) is 1.38. The first-order valence-electron chi connectivity index (χ1n) is 6.40. The van der Waals surface area contributed by atoms with Crippen LogP contribution in [0.5, 0.6) is 0 Å². The molecule has 2 atom stereocenters. The van der Waals surface area contributed by atoms with Gasteiger partial charge >= 0.3 is 0 Å². The first-order valence-corrected chi connectivity index (χ1v) is 6.40. The zero-order chi connectivity index (χ0) is 13.7. The molecule has 1 rings (SSSR count). The number of aliphatic hydroxyl groups is 1. The van der Waals surface area contributed by atoms with E-state index in [0.717, 1.165) is 25.1 Å². The van der Waals surface area contributed by atoms with Crippen LogP contribution in [0, 0.1) is 13.8 Å². The lowest BCUT2D eigenvalue weighted by molar-refractivity contribution is 0.181. The largest absolute Gasteiger partial charge is 0.393 e. The van der Waals surface area contributed by atoms with E-state index in [1.165, 1.54) is 0 Å². The lowest BCUT2D eigenvalue weighted by Crippen LogP contribution is -2.28. The molecule has 5 heteroatoms. The van der Waals surface area contributed by atoms with E-state index >= 15 is 0 Å². The standard InChI is InChI=1S/C13H23N3O2/c1-8(17)6-5-7-14-9(2)12-10(3)15-11(4)16-13(12)18/h8-9,14,17H,5-7H2,1-4H3,(H,15,16,18). The average molecular weight is 253 g/mol. The van der Waals surface area contributed by atoms with Gasteiger partial charge in [-0.15, -0.1) is 0 Å². The number of hydrogen-bond acceptors (Lipinski definition) is 4. The number of aryl methyl sites for hydroxylation is 2. The van der Waals surface area contributed by atoms with E-state index in [-0.39, 0.29) is 17.7 Å². The van der Waals surface area contributed by atoms with E-state index in [4.69, 9.17) is 5.11 Å². The topological polar surface area (TPSA) is 78.0 Å². The smallest absolute Gasteiger partial charge is 0.255 e. The first kappa shape index (κ1) is 14.9. The zero-order valence-corrected chi connectivity index (χ0v) is 11.6. The molecule has 2 unspecified atom stereocenters. The Morgan fingerprint density at radius 1 is 1.39 bits per heavy atom. The second-order valence-electron chi connectivity index (χ2n) is 4.82. The van der Waals surface area contributed by atoms with Crippen molar-refractivity contribution < 1.29 is 5.11 Å². The number of nitrogens with one attached hydrogen (secondary N) is 2. The van der Waals surface area contributed by atoms with Crippen molar-refractivity contribution in [3.63, 3.8) is 0 Å². The lowest BCUT2D eigenvalue weighted by atomic mass is 10.1. The van der Waals surface area contributed by atoms with Crippen LogP contribution in [0.15, 0.2) is 4.79 Å². The van der Waals surface area contributed by atoms with Crippen LogP contribution >= 0.6 is 0 Å². The molecule has 1 aromatic heterocycles. The molecule has 0 spiro atoms. The number of hydrogen-bond donors (Lipinski definition) is 3. The van der Waals surface area contributed by atoms with Crippen molar-refractivity contribution in [1.82, 2.24) is 15.3 Å². The Morgan fingerprint density at radius 2 is 2.06 bits per heavy atom. The third kappa shape index (κ3) is 4.23. The minimum atomic E-state index is -0.270. The summed E-state index contributed by atoms with van der Waals surface area (Å²) in [5.41, 5.74) is 1.39. The molecule has 102 valence electrons. The van der Waals surface area contributed by atoms with Gasteiger partial charge in [0.25, 0.3) is 5.56 Å². The van der Waals surface area contributed by atoms with Gasteiger partial charge in [-0.05, 0) is 47.1 Å². The number of H-pyrrole nitrogens is 1. The second kappa shape index (κ2) is 6.66. The summed E-state index contributed by atoms with van der Waals surface area (Å²) in [6, 6.07) is -0.0316. The molecule has 0 bridgehead atoms. The predicted octanol–water partition coefficient (Wildman–Crippen LogP) is 1.20. The third-order valence-corrected chi connectivity index (χ3v) is 2.95. The number of rotatable bonds is 6. The molecule has 0 amide bonds. The summed E-state index contributed by atoms with van der Waals surface area (Å²) in [4.78, 5) is 18.9. The lowest BCUT2D eigenvalue weighted by Gasteiger charge is -2.15. The fourth-order valence-electron chi connectivity index (χ4n) is 2.06. The Bertz CT molecular complexity index is 440. The van der Waals surface area contributed by atoms with Crippen LogP contribution in [0.3, 0.4) is 0 Å². The molecular formula is C13H23N3O2. The summed E-state index contributed by atoms with van der Waals surface area (Å²) in [5.74, 6) is 0.641. The molecule has 5 nitrogen and oxygen atoms in total. The summed E-state index contributed by atoms with van der Waals surface area (Å²) in [7, 11) is 0. The number of aromatic nitrogens is 2. The summed E-state index contributed by atoms with van der Waals surface area (Å²) in [5, 5.41) is 12.4. The summed E-state index contributed by atoms with van der Waals surface area (Å²) < 4.78 is 0. The van der Waals surface area contributed by atoms with Gasteiger partial charge < -0.3 is 15.4 Å². The van der Waals surface area contributed by atoms with Crippen molar-refractivity contribution >= 4 is 0 Å². The molecule has 0 aliphatic carbocycles. The van der Waals surface area contributed by atoms with E-state index in [0.29, 0.717) is 11.4 Å². The third-order valence-electron chi connectivity index (χ3n) is 2.95. The average Bonchev–Trinajstić information content (AvgIpc) is 2.22. The zero-order valence-electron chi connectivity index (χ0n) is 11.6. The minimum absolute atomic E-state index is 0.0316. The van der Waals surface area contributed by atoms with Crippen LogP contribution in [-0.2, 0) is 0 Å². The quantitative estimate of drug-likeness (QED) is 0.666. The van der Waals surface area contributed by atoms with Crippen LogP contribution < -0.4 is 10.9 Å². The minimum Gasteiger partial charge on any atom is -0.393 e. The van der Waals surface area contributed by atoms with Gasteiger partial charge in [-0.3, -0.25) is 4.79 Å². The van der Waals surface area contributed by atoms with E-state index in [1.807, 2.05) is 13.8 Å². The summed E-state index contributed by atoms with van der Waals surface area (Å²) >= 11 is 0. The van der Waals surface area contributed by atoms with Crippen molar-refractivity contribution in [3.05, 3.63) is 27.4 Å². The van der Waals surface area contributed by atoms with Gasteiger partial charge in [0.15, 0.2) is 0 Å². The molecule has 0 aliphatic heterocycles. The molecule has 0 aromatic carbocycles. The molecule has 0 saturated carbocycles. The Kier molecular flexibility index (Phi) is 5.50. The van der Waals surface area contributed by atoms with Gasteiger partial charge in [-0.2, -0.15) is 0 Å². The molecule has 0 radical (unpaired) electrons. The normalized spacial score (nSPS) is 14.5. The number of aromatic amines is 1. The Morgan fingerprint density at radius 3 is 2.61 bits per heavy atom. The maximum Gasteiger partial charge on any atom is 0.255 e. The fourth-order valence-corrected chi connectivity index (χ4v) is 2.06. The van der Waals surface area contributed by atoms with Gasteiger partial charge in [-0.25, -0.2) is 4.98 Å².